The predicted octanol–water partition coefficient (Wildman–Crippen LogP) is 4.48. The van der Waals surface area contributed by atoms with E-state index >= 15 is 0 Å². The molecule has 0 aromatic heterocycles. The number of hydrogen-bond acceptors (Lipinski definition) is 0. The first-order valence-electron chi connectivity index (χ1n) is 5.17. The third-order valence-corrected chi connectivity index (χ3v) is 1.92. The van der Waals surface area contributed by atoms with Crippen molar-refractivity contribution in [3.05, 3.63) is 24.8 Å². The van der Waals surface area contributed by atoms with Gasteiger partial charge in [-0.25, -0.2) is 0 Å². The van der Waals surface area contributed by atoms with E-state index in [1.807, 2.05) is 6.08 Å². The molecule has 0 heteroatoms. The van der Waals surface area contributed by atoms with E-state index in [9.17, 15) is 0 Å². The van der Waals surface area contributed by atoms with E-state index in [-0.39, 0.29) is 0 Å². The van der Waals surface area contributed by atoms with E-state index in [0.29, 0.717) is 0 Å². The molecule has 0 radical (unpaired) electrons. The monoisotopic (exact) mass is 166 g/mol. The van der Waals surface area contributed by atoms with Gasteiger partial charge in [-0.3, -0.25) is 0 Å². The molecule has 0 aromatic rings. The van der Waals surface area contributed by atoms with Gasteiger partial charge in [-0.05, 0) is 32.1 Å². The van der Waals surface area contributed by atoms with Crippen molar-refractivity contribution >= 4 is 0 Å². The van der Waals surface area contributed by atoms with E-state index < -0.39 is 0 Å². The minimum atomic E-state index is 1.15. The second-order valence-corrected chi connectivity index (χ2v) is 3.19. The van der Waals surface area contributed by atoms with Crippen LogP contribution in [0.5, 0.6) is 0 Å². The number of unbranched alkanes of at least 4 members (excludes halogenated alkanes) is 5. The maximum Gasteiger partial charge on any atom is -0.0348 e. The Hall–Kier alpha value is -0.520. The third kappa shape index (κ3) is 9.48. The largest absolute Gasteiger partial charge is 0.103 e. The van der Waals surface area contributed by atoms with Crippen molar-refractivity contribution in [1.29, 1.82) is 0 Å². The zero-order valence-electron chi connectivity index (χ0n) is 8.39. The quantitative estimate of drug-likeness (QED) is 0.368. The maximum absolute atomic E-state index is 3.69. The molecule has 0 amide bonds. The van der Waals surface area contributed by atoms with Gasteiger partial charge in [0.1, 0.15) is 0 Å². The lowest BCUT2D eigenvalue weighted by Gasteiger charge is -1.92. The molecule has 0 saturated heterocycles. The summed E-state index contributed by atoms with van der Waals surface area (Å²) >= 11 is 0. The van der Waals surface area contributed by atoms with Crippen molar-refractivity contribution in [1.82, 2.24) is 0 Å². The van der Waals surface area contributed by atoms with Crippen LogP contribution in [0.4, 0.5) is 0 Å². The first-order valence-corrected chi connectivity index (χ1v) is 5.17. The molecule has 0 aliphatic rings. The van der Waals surface area contributed by atoms with Crippen molar-refractivity contribution in [3.8, 4) is 0 Å². The highest BCUT2D eigenvalue weighted by atomic mass is 13.9. The van der Waals surface area contributed by atoms with Crippen molar-refractivity contribution < 1.29 is 0 Å². The molecule has 0 fully saturated rings. The maximum atomic E-state index is 3.69. The first-order chi connectivity index (χ1) is 5.91. The van der Waals surface area contributed by atoms with Crippen molar-refractivity contribution in [3.63, 3.8) is 0 Å². The SMILES string of the molecule is C=CCCCC=CCCCCC. The van der Waals surface area contributed by atoms with Gasteiger partial charge in [0.25, 0.3) is 0 Å². The van der Waals surface area contributed by atoms with Crippen LogP contribution in [0.1, 0.15) is 51.9 Å². The molecular formula is C12H22. The highest BCUT2D eigenvalue weighted by molar-refractivity contribution is 4.82. The molecule has 70 valence electrons. The van der Waals surface area contributed by atoms with Crippen LogP contribution in [0.25, 0.3) is 0 Å². The average molecular weight is 166 g/mol. The summed E-state index contributed by atoms with van der Waals surface area (Å²) in [6, 6.07) is 0. The van der Waals surface area contributed by atoms with E-state index in [0.717, 1.165) is 6.42 Å². The molecule has 0 aliphatic heterocycles. The normalized spacial score (nSPS) is 10.8. The highest BCUT2D eigenvalue weighted by Crippen LogP contribution is 2.02. The highest BCUT2D eigenvalue weighted by Gasteiger charge is 1.82. The molecule has 0 heterocycles. The van der Waals surface area contributed by atoms with Crippen LogP contribution in [0.3, 0.4) is 0 Å². The van der Waals surface area contributed by atoms with E-state index in [2.05, 4.69) is 25.7 Å². The predicted molar refractivity (Wildman–Crippen MR) is 57.3 cm³/mol. The van der Waals surface area contributed by atoms with Crippen LogP contribution in [-0.2, 0) is 0 Å². The van der Waals surface area contributed by atoms with E-state index in [1.165, 1.54) is 38.5 Å². The van der Waals surface area contributed by atoms with Gasteiger partial charge in [-0.2, -0.15) is 0 Å². The van der Waals surface area contributed by atoms with Gasteiger partial charge in [-0.1, -0.05) is 38.0 Å². The Bertz CT molecular complexity index is 111. The summed E-state index contributed by atoms with van der Waals surface area (Å²) < 4.78 is 0. The van der Waals surface area contributed by atoms with Gasteiger partial charge in [0, 0.05) is 0 Å². The summed E-state index contributed by atoms with van der Waals surface area (Å²) in [6.45, 7) is 5.94. The van der Waals surface area contributed by atoms with Gasteiger partial charge in [-0.15, -0.1) is 6.58 Å². The van der Waals surface area contributed by atoms with Gasteiger partial charge in [0.2, 0.25) is 0 Å². The molecule has 0 aromatic carbocycles. The fourth-order valence-corrected chi connectivity index (χ4v) is 1.13. The van der Waals surface area contributed by atoms with Crippen LogP contribution in [0.15, 0.2) is 24.8 Å². The summed E-state index contributed by atoms with van der Waals surface area (Å²) in [5.41, 5.74) is 0. The topological polar surface area (TPSA) is 0 Å². The second-order valence-electron chi connectivity index (χ2n) is 3.19. The third-order valence-electron chi connectivity index (χ3n) is 1.92. The van der Waals surface area contributed by atoms with Crippen LogP contribution in [-0.4, -0.2) is 0 Å². The zero-order chi connectivity index (χ0) is 9.07. The Morgan fingerprint density at radius 3 is 2.17 bits per heavy atom. The Labute approximate surface area is 77.4 Å². The summed E-state index contributed by atoms with van der Waals surface area (Å²) in [4.78, 5) is 0. The molecule has 0 atom stereocenters. The number of rotatable bonds is 8. The molecule has 0 unspecified atom stereocenters. The smallest absolute Gasteiger partial charge is 0.0348 e. The molecule has 0 N–H and O–H groups in total. The standard InChI is InChI=1S/C12H22/c1-3-5-7-9-11-12-10-8-6-4-2/h3,11-12H,1,4-10H2,2H3. The van der Waals surface area contributed by atoms with Crippen LogP contribution < -0.4 is 0 Å². The molecule has 0 aliphatic carbocycles. The Kier molecular flexibility index (Phi) is 10.0. The molecule has 0 saturated carbocycles. The summed E-state index contributed by atoms with van der Waals surface area (Å²) in [5.74, 6) is 0. The first kappa shape index (κ1) is 11.5. The van der Waals surface area contributed by atoms with Gasteiger partial charge < -0.3 is 0 Å². The minimum Gasteiger partial charge on any atom is -0.103 e. The molecule has 0 rings (SSSR count). The summed E-state index contributed by atoms with van der Waals surface area (Å²) in [7, 11) is 0. The van der Waals surface area contributed by atoms with Crippen LogP contribution >= 0.6 is 0 Å². The Balaban J connectivity index is 2.98. The lowest BCUT2D eigenvalue weighted by Crippen LogP contribution is -1.72. The van der Waals surface area contributed by atoms with Gasteiger partial charge >= 0.3 is 0 Å². The number of allylic oxidation sites excluding steroid dienone is 3. The fraction of sp³-hybridized carbons (Fsp3) is 0.667. The van der Waals surface area contributed by atoms with E-state index in [4.69, 9.17) is 0 Å². The van der Waals surface area contributed by atoms with Gasteiger partial charge in [0.05, 0.1) is 0 Å². The van der Waals surface area contributed by atoms with Gasteiger partial charge in [0.15, 0.2) is 0 Å². The average Bonchev–Trinajstić information content (AvgIpc) is 2.10. The zero-order valence-corrected chi connectivity index (χ0v) is 8.39. The summed E-state index contributed by atoms with van der Waals surface area (Å²) in [6.07, 6.45) is 15.6. The Morgan fingerprint density at radius 2 is 1.58 bits per heavy atom. The lowest BCUT2D eigenvalue weighted by atomic mass is 10.1. The molecular weight excluding hydrogens is 144 g/mol. The van der Waals surface area contributed by atoms with Crippen molar-refractivity contribution in [2.24, 2.45) is 0 Å². The lowest BCUT2D eigenvalue weighted by molar-refractivity contribution is 0.727. The van der Waals surface area contributed by atoms with E-state index in [1.54, 1.807) is 0 Å². The van der Waals surface area contributed by atoms with Crippen LogP contribution in [0, 0.1) is 0 Å². The Morgan fingerprint density at radius 1 is 0.917 bits per heavy atom. The molecule has 0 bridgehead atoms. The van der Waals surface area contributed by atoms with Crippen LogP contribution in [0.2, 0.25) is 0 Å². The summed E-state index contributed by atoms with van der Waals surface area (Å²) in [5, 5.41) is 0. The minimum absolute atomic E-state index is 1.15. The van der Waals surface area contributed by atoms with Crippen molar-refractivity contribution in [2.75, 3.05) is 0 Å². The fourth-order valence-electron chi connectivity index (χ4n) is 1.13. The molecule has 12 heavy (non-hydrogen) atoms. The second kappa shape index (κ2) is 10.5. The number of hydrogen-bond donors (Lipinski definition) is 0. The molecule has 0 nitrogen and oxygen atoms in total. The molecule has 0 spiro atoms. The van der Waals surface area contributed by atoms with Crippen molar-refractivity contribution in [2.45, 2.75) is 51.9 Å².